The summed E-state index contributed by atoms with van der Waals surface area (Å²) in [5.41, 5.74) is 7.17. The number of aromatic nitrogens is 3. The van der Waals surface area contributed by atoms with E-state index in [2.05, 4.69) is 15.2 Å². The van der Waals surface area contributed by atoms with Crippen molar-refractivity contribution in [3.63, 3.8) is 0 Å². The number of aromatic amines is 1. The molecule has 4 heterocycles. The molecule has 1 aliphatic rings. The number of nitrogens with one attached hydrogen (secondary N) is 2. The van der Waals surface area contributed by atoms with E-state index in [1.165, 1.54) is 0 Å². The van der Waals surface area contributed by atoms with Gasteiger partial charge in [-0.25, -0.2) is 4.98 Å². The molecule has 1 saturated heterocycles. The van der Waals surface area contributed by atoms with E-state index in [9.17, 15) is 9.59 Å². The Balaban J connectivity index is 1.83. The van der Waals surface area contributed by atoms with Gasteiger partial charge in [0.1, 0.15) is 17.0 Å². The Hall–Kier alpha value is -3.43. The van der Waals surface area contributed by atoms with Gasteiger partial charge >= 0.3 is 0 Å². The van der Waals surface area contributed by atoms with Crippen molar-refractivity contribution in [3.8, 4) is 0 Å². The van der Waals surface area contributed by atoms with E-state index in [0.717, 1.165) is 29.9 Å². The molecule has 5 rings (SSSR count). The number of pyridine rings is 2. The van der Waals surface area contributed by atoms with Crippen molar-refractivity contribution in [3.05, 3.63) is 52.2 Å². The average molecular weight is 420 g/mol. The fourth-order valence-electron chi connectivity index (χ4n) is 4.04. The Morgan fingerprint density at radius 1 is 1.19 bits per heavy atom. The van der Waals surface area contributed by atoms with Gasteiger partial charge in [-0.3, -0.25) is 14.0 Å². The lowest BCUT2D eigenvalue weighted by molar-refractivity contribution is 0.0916. The topological polar surface area (TPSA) is 118 Å². The predicted molar refractivity (Wildman–Crippen MR) is 120 cm³/mol. The molecule has 1 aromatic carbocycles. The zero-order chi connectivity index (χ0) is 21.8. The summed E-state index contributed by atoms with van der Waals surface area (Å²) in [6.07, 6.45) is 0. The molecule has 0 spiro atoms. The van der Waals surface area contributed by atoms with E-state index in [4.69, 9.17) is 15.5 Å². The molecule has 4 aromatic rings. The summed E-state index contributed by atoms with van der Waals surface area (Å²) in [5, 5.41) is 3.08. The SMILES string of the molecule is CC(C)(N)NC(=O)c1c(=O)c2ccc(N3CCOCC3)nc2n2c1[nH]c1ccccc12. The van der Waals surface area contributed by atoms with Crippen LogP contribution in [0.25, 0.3) is 27.7 Å². The van der Waals surface area contributed by atoms with Crippen LogP contribution < -0.4 is 21.4 Å². The average Bonchev–Trinajstić information content (AvgIpc) is 3.12. The van der Waals surface area contributed by atoms with Gasteiger partial charge < -0.3 is 25.7 Å². The highest BCUT2D eigenvalue weighted by Gasteiger charge is 2.25. The number of ether oxygens (including phenoxy) is 1. The van der Waals surface area contributed by atoms with Crippen molar-refractivity contribution in [1.29, 1.82) is 0 Å². The van der Waals surface area contributed by atoms with Gasteiger partial charge in [0.05, 0.1) is 35.3 Å². The zero-order valence-corrected chi connectivity index (χ0v) is 17.4. The molecule has 0 saturated carbocycles. The maximum absolute atomic E-state index is 13.4. The number of benzene rings is 1. The second-order valence-electron chi connectivity index (χ2n) is 8.35. The normalized spacial score (nSPS) is 15.1. The summed E-state index contributed by atoms with van der Waals surface area (Å²) in [7, 11) is 0. The number of fused-ring (bicyclic) bond motifs is 5. The van der Waals surface area contributed by atoms with Gasteiger partial charge in [-0.1, -0.05) is 12.1 Å². The standard InChI is InChI=1S/C22H24N6O3/c1-22(2,23)26-21(30)17-18(29)13-7-8-16(27-9-11-31-12-10-27)25-19(13)28-15-6-4-3-5-14(15)24-20(17)28/h3-8,24H,9-12,23H2,1-2H3,(H,26,30). The van der Waals surface area contributed by atoms with Gasteiger partial charge in [0.25, 0.3) is 5.91 Å². The first kappa shape index (κ1) is 19.5. The predicted octanol–water partition coefficient (Wildman–Crippen LogP) is 1.59. The third-order valence-corrected chi connectivity index (χ3v) is 5.40. The zero-order valence-electron chi connectivity index (χ0n) is 17.4. The van der Waals surface area contributed by atoms with E-state index in [1.54, 1.807) is 19.9 Å². The molecular weight excluding hydrogens is 396 g/mol. The fourth-order valence-corrected chi connectivity index (χ4v) is 4.04. The maximum atomic E-state index is 13.4. The highest BCUT2D eigenvalue weighted by atomic mass is 16.5. The summed E-state index contributed by atoms with van der Waals surface area (Å²) >= 11 is 0. The molecule has 31 heavy (non-hydrogen) atoms. The molecule has 0 bridgehead atoms. The fraction of sp³-hybridized carbons (Fsp3) is 0.318. The molecule has 1 amide bonds. The highest BCUT2D eigenvalue weighted by molar-refractivity contribution is 6.05. The Kier molecular flexibility index (Phi) is 4.45. The minimum Gasteiger partial charge on any atom is -0.378 e. The number of anilines is 1. The van der Waals surface area contributed by atoms with Crippen LogP contribution in [0.15, 0.2) is 41.2 Å². The molecule has 1 aliphatic heterocycles. The number of amides is 1. The van der Waals surface area contributed by atoms with Crippen LogP contribution in [0.5, 0.6) is 0 Å². The first-order valence-corrected chi connectivity index (χ1v) is 10.2. The maximum Gasteiger partial charge on any atom is 0.260 e. The Morgan fingerprint density at radius 3 is 2.68 bits per heavy atom. The third-order valence-electron chi connectivity index (χ3n) is 5.40. The lowest BCUT2D eigenvalue weighted by Crippen LogP contribution is -2.51. The van der Waals surface area contributed by atoms with E-state index >= 15 is 0 Å². The van der Waals surface area contributed by atoms with Crippen molar-refractivity contribution in [2.75, 3.05) is 31.2 Å². The van der Waals surface area contributed by atoms with Crippen LogP contribution in [-0.4, -0.2) is 52.2 Å². The summed E-state index contributed by atoms with van der Waals surface area (Å²) < 4.78 is 7.28. The lowest BCUT2D eigenvalue weighted by Gasteiger charge is -2.28. The van der Waals surface area contributed by atoms with Gasteiger partial charge in [0.15, 0.2) is 5.65 Å². The van der Waals surface area contributed by atoms with Gasteiger partial charge in [-0.15, -0.1) is 0 Å². The molecular formula is C22H24N6O3. The second kappa shape index (κ2) is 7.07. The summed E-state index contributed by atoms with van der Waals surface area (Å²) in [4.78, 5) is 36.7. The first-order valence-electron chi connectivity index (χ1n) is 10.2. The molecule has 9 nitrogen and oxygen atoms in total. The Labute approximate surface area is 177 Å². The summed E-state index contributed by atoms with van der Waals surface area (Å²) in [6.45, 7) is 6.07. The van der Waals surface area contributed by atoms with Crippen molar-refractivity contribution < 1.29 is 9.53 Å². The molecule has 4 N–H and O–H groups in total. The van der Waals surface area contributed by atoms with Gasteiger partial charge in [0.2, 0.25) is 5.43 Å². The number of imidazole rings is 1. The number of hydrogen-bond donors (Lipinski definition) is 3. The second-order valence-corrected chi connectivity index (χ2v) is 8.35. The highest BCUT2D eigenvalue weighted by Crippen LogP contribution is 2.25. The van der Waals surface area contributed by atoms with Crippen LogP contribution in [0, 0.1) is 0 Å². The molecule has 0 aliphatic carbocycles. The molecule has 9 heteroatoms. The first-order chi connectivity index (χ1) is 14.8. The van der Waals surface area contributed by atoms with Gasteiger partial charge in [-0.05, 0) is 38.1 Å². The van der Waals surface area contributed by atoms with E-state index in [-0.39, 0.29) is 11.0 Å². The Bertz CT molecular complexity index is 1380. The number of morpholine rings is 1. The molecule has 160 valence electrons. The summed E-state index contributed by atoms with van der Waals surface area (Å²) in [5.74, 6) is 0.246. The minimum atomic E-state index is -0.972. The number of hydrogen-bond acceptors (Lipinski definition) is 6. The van der Waals surface area contributed by atoms with Crippen LogP contribution in [-0.2, 0) is 4.74 Å². The van der Waals surface area contributed by atoms with Crippen LogP contribution in [0.2, 0.25) is 0 Å². The lowest BCUT2D eigenvalue weighted by atomic mass is 10.1. The number of carbonyl (C=O) groups excluding carboxylic acids is 1. The number of nitrogens with zero attached hydrogens (tertiary/aromatic N) is 3. The van der Waals surface area contributed by atoms with Gasteiger partial charge in [-0.2, -0.15) is 0 Å². The number of rotatable bonds is 3. The summed E-state index contributed by atoms with van der Waals surface area (Å²) in [6, 6.07) is 11.2. The quantitative estimate of drug-likeness (QED) is 0.433. The van der Waals surface area contributed by atoms with E-state index < -0.39 is 11.6 Å². The van der Waals surface area contributed by atoms with Crippen LogP contribution in [0.3, 0.4) is 0 Å². The van der Waals surface area contributed by atoms with Crippen LogP contribution in [0.4, 0.5) is 5.82 Å². The Morgan fingerprint density at radius 2 is 1.94 bits per heavy atom. The molecule has 0 radical (unpaired) electrons. The number of H-pyrrole nitrogens is 1. The molecule has 0 unspecified atom stereocenters. The van der Waals surface area contributed by atoms with Crippen molar-refractivity contribution in [2.24, 2.45) is 5.73 Å². The number of nitrogens with two attached hydrogens (primary N) is 1. The number of para-hydroxylation sites is 2. The molecule has 1 fully saturated rings. The molecule has 3 aromatic heterocycles. The third kappa shape index (κ3) is 3.31. The van der Waals surface area contributed by atoms with Crippen LogP contribution >= 0.6 is 0 Å². The van der Waals surface area contributed by atoms with Crippen molar-refractivity contribution in [2.45, 2.75) is 19.5 Å². The van der Waals surface area contributed by atoms with E-state index in [1.807, 2.05) is 34.7 Å². The van der Waals surface area contributed by atoms with Crippen LogP contribution in [0.1, 0.15) is 24.2 Å². The smallest absolute Gasteiger partial charge is 0.260 e. The van der Waals surface area contributed by atoms with E-state index in [0.29, 0.717) is 29.9 Å². The van der Waals surface area contributed by atoms with Gasteiger partial charge in [0, 0.05) is 13.1 Å². The largest absolute Gasteiger partial charge is 0.378 e. The van der Waals surface area contributed by atoms with Crippen molar-refractivity contribution in [1.82, 2.24) is 19.7 Å². The van der Waals surface area contributed by atoms with Crippen molar-refractivity contribution >= 4 is 39.4 Å². The monoisotopic (exact) mass is 420 g/mol. The minimum absolute atomic E-state index is 0.0168. The molecule has 0 atom stereocenters. The number of carbonyl (C=O) groups is 1.